The van der Waals surface area contributed by atoms with E-state index in [2.05, 4.69) is 41.0 Å². The minimum atomic E-state index is 0.128. The maximum Gasteiger partial charge on any atom is 0.211 e. The van der Waals surface area contributed by atoms with Gasteiger partial charge in [0.25, 0.3) is 0 Å². The van der Waals surface area contributed by atoms with Crippen molar-refractivity contribution in [3.8, 4) is 0 Å². The molecular weight excluding hydrogens is 220 g/mol. The van der Waals surface area contributed by atoms with Gasteiger partial charge in [-0.2, -0.15) is 11.3 Å². The van der Waals surface area contributed by atoms with Gasteiger partial charge in [-0.25, -0.2) is 4.98 Å². The van der Waals surface area contributed by atoms with Gasteiger partial charge in [-0.15, -0.1) is 0 Å². The quantitative estimate of drug-likeness (QED) is 0.883. The van der Waals surface area contributed by atoms with Crippen molar-refractivity contribution in [3.05, 3.63) is 40.2 Å². The first-order valence-electron chi connectivity index (χ1n) is 5.37. The van der Waals surface area contributed by atoms with E-state index in [0.29, 0.717) is 6.04 Å². The molecule has 0 saturated heterocycles. The van der Waals surface area contributed by atoms with Gasteiger partial charge in [-0.3, -0.25) is 5.32 Å². The van der Waals surface area contributed by atoms with E-state index in [0.717, 1.165) is 11.7 Å². The Labute approximate surface area is 99.5 Å². The van der Waals surface area contributed by atoms with Gasteiger partial charge in [0.1, 0.15) is 5.76 Å². The standard InChI is InChI=1S/C12H16N2OS/c1-8-6-13-12(15-8)10(3)14-9(2)11-4-5-16-7-11/h4-7,9-10,14H,1-3H3. The average Bonchev–Trinajstić information content (AvgIpc) is 2.87. The molecule has 0 aliphatic carbocycles. The summed E-state index contributed by atoms with van der Waals surface area (Å²) in [5.74, 6) is 1.60. The van der Waals surface area contributed by atoms with Gasteiger partial charge in [0, 0.05) is 6.04 Å². The van der Waals surface area contributed by atoms with E-state index < -0.39 is 0 Å². The molecule has 2 unspecified atom stereocenters. The average molecular weight is 236 g/mol. The predicted molar refractivity (Wildman–Crippen MR) is 65.5 cm³/mol. The topological polar surface area (TPSA) is 38.1 Å². The van der Waals surface area contributed by atoms with Crippen LogP contribution >= 0.6 is 11.3 Å². The third kappa shape index (κ3) is 2.51. The zero-order valence-corrected chi connectivity index (χ0v) is 10.5. The van der Waals surface area contributed by atoms with Gasteiger partial charge >= 0.3 is 0 Å². The third-order valence-electron chi connectivity index (χ3n) is 2.55. The van der Waals surface area contributed by atoms with Crippen molar-refractivity contribution in [3.63, 3.8) is 0 Å². The van der Waals surface area contributed by atoms with Crippen LogP contribution in [0.3, 0.4) is 0 Å². The Hall–Kier alpha value is -1.13. The molecule has 2 aromatic rings. The molecule has 0 aromatic carbocycles. The molecule has 0 bridgehead atoms. The number of nitrogens with zero attached hydrogens (tertiary/aromatic N) is 1. The lowest BCUT2D eigenvalue weighted by atomic mass is 10.1. The fraction of sp³-hybridized carbons (Fsp3) is 0.417. The monoisotopic (exact) mass is 236 g/mol. The summed E-state index contributed by atoms with van der Waals surface area (Å²) >= 11 is 1.72. The van der Waals surface area contributed by atoms with Crippen molar-refractivity contribution in [2.45, 2.75) is 32.9 Å². The molecule has 0 fully saturated rings. The van der Waals surface area contributed by atoms with E-state index in [1.54, 1.807) is 17.5 Å². The fourth-order valence-corrected chi connectivity index (χ4v) is 2.39. The molecule has 0 radical (unpaired) electrons. The highest BCUT2D eigenvalue weighted by atomic mass is 32.1. The normalized spacial score (nSPS) is 14.9. The highest BCUT2D eigenvalue weighted by molar-refractivity contribution is 7.07. The van der Waals surface area contributed by atoms with Crippen LogP contribution in [0.25, 0.3) is 0 Å². The Balaban J connectivity index is 2.00. The van der Waals surface area contributed by atoms with Gasteiger partial charge in [0.15, 0.2) is 0 Å². The molecule has 1 N–H and O–H groups in total. The van der Waals surface area contributed by atoms with Crippen molar-refractivity contribution in [1.29, 1.82) is 0 Å². The van der Waals surface area contributed by atoms with Crippen LogP contribution in [-0.4, -0.2) is 4.98 Å². The molecular formula is C12H16N2OS. The van der Waals surface area contributed by atoms with Crippen molar-refractivity contribution >= 4 is 11.3 Å². The molecule has 0 saturated carbocycles. The van der Waals surface area contributed by atoms with Crippen LogP contribution in [0.5, 0.6) is 0 Å². The molecule has 16 heavy (non-hydrogen) atoms. The van der Waals surface area contributed by atoms with E-state index in [4.69, 9.17) is 4.42 Å². The van der Waals surface area contributed by atoms with Crippen molar-refractivity contribution in [2.75, 3.05) is 0 Å². The molecule has 2 rings (SSSR count). The van der Waals surface area contributed by atoms with E-state index >= 15 is 0 Å². The Kier molecular flexibility index (Phi) is 3.41. The molecule has 0 aliphatic rings. The molecule has 0 amide bonds. The number of hydrogen-bond donors (Lipinski definition) is 1. The molecule has 4 heteroatoms. The van der Waals surface area contributed by atoms with E-state index in [1.807, 2.05) is 6.92 Å². The molecule has 3 nitrogen and oxygen atoms in total. The van der Waals surface area contributed by atoms with Crippen LogP contribution < -0.4 is 5.32 Å². The van der Waals surface area contributed by atoms with Crippen molar-refractivity contribution in [1.82, 2.24) is 10.3 Å². The second-order valence-electron chi connectivity index (χ2n) is 3.98. The highest BCUT2D eigenvalue weighted by Gasteiger charge is 2.15. The largest absolute Gasteiger partial charge is 0.444 e. The summed E-state index contributed by atoms with van der Waals surface area (Å²) in [4.78, 5) is 4.22. The number of nitrogens with one attached hydrogen (secondary N) is 1. The lowest BCUT2D eigenvalue weighted by Crippen LogP contribution is -2.22. The van der Waals surface area contributed by atoms with Crippen LogP contribution in [0, 0.1) is 6.92 Å². The molecule has 0 spiro atoms. The first-order chi connectivity index (χ1) is 7.66. The van der Waals surface area contributed by atoms with Gasteiger partial charge in [-0.1, -0.05) is 0 Å². The lowest BCUT2D eigenvalue weighted by molar-refractivity contribution is 0.380. The van der Waals surface area contributed by atoms with Crippen LogP contribution in [-0.2, 0) is 0 Å². The Morgan fingerprint density at radius 3 is 2.75 bits per heavy atom. The van der Waals surface area contributed by atoms with Crippen LogP contribution in [0.15, 0.2) is 27.4 Å². The Bertz CT molecular complexity index is 436. The van der Waals surface area contributed by atoms with Gasteiger partial charge in [0.05, 0.1) is 12.2 Å². The molecule has 2 atom stereocenters. The van der Waals surface area contributed by atoms with E-state index in [1.165, 1.54) is 5.56 Å². The zero-order valence-electron chi connectivity index (χ0n) is 9.73. The number of thiophene rings is 1. The summed E-state index contributed by atoms with van der Waals surface area (Å²) in [6.45, 7) is 6.12. The number of hydrogen-bond acceptors (Lipinski definition) is 4. The summed E-state index contributed by atoms with van der Waals surface area (Å²) in [5, 5.41) is 7.71. The number of rotatable bonds is 4. The van der Waals surface area contributed by atoms with Gasteiger partial charge in [0.2, 0.25) is 5.89 Å². The minimum absolute atomic E-state index is 0.128. The van der Waals surface area contributed by atoms with Crippen molar-refractivity contribution < 1.29 is 4.42 Å². The van der Waals surface area contributed by atoms with Crippen molar-refractivity contribution in [2.24, 2.45) is 0 Å². The smallest absolute Gasteiger partial charge is 0.211 e. The van der Waals surface area contributed by atoms with Crippen LogP contribution in [0.1, 0.15) is 43.1 Å². The number of oxazole rings is 1. The zero-order chi connectivity index (χ0) is 11.5. The highest BCUT2D eigenvalue weighted by Crippen LogP contribution is 2.20. The summed E-state index contributed by atoms with van der Waals surface area (Å²) in [6.07, 6.45) is 1.75. The summed E-state index contributed by atoms with van der Waals surface area (Å²) < 4.78 is 5.49. The lowest BCUT2D eigenvalue weighted by Gasteiger charge is -2.16. The summed E-state index contributed by atoms with van der Waals surface area (Å²) in [6, 6.07) is 2.58. The molecule has 2 heterocycles. The molecule has 86 valence electrons. The number of aryl methyl sites for hydroxylation is 1. The summed E-state index contributed by atoms with van der Waals surface area (Å²) in [5.41, 5.74) is 1.31. The second-order valence-corrected chi connectivity index (χ2v) is 4.76. The Morgan fingerprint density at radius 2 is 2.19 bits per heavy atom. The summed E-state index contributed by atoms with van der Waals surface area (Å²) in [7, 11) is 0. The van der Waals surface area contributed by atoms with E-state index in [-0.39, 0.29) is 6.04 Å². The first-order valence-corrected chi connectivity index (χ1v) is 6.31. The predicted octanol–water partition coefficient (Wildman–Crippen LogP) is 3.46. The van der Waals surface area contributed by atoms with Gasteiger partial charge < -0.3 is 4.42 Å². The van der Waals surface area contributed by atoms with E-state index in [9.17, 15) is 0 Å². The minimum Gasteiger partial charge on any atom is -0.444 e. The second kappa shape index (κ2) is 4.80. The maximum atomic E-state index is 5.49. The number of aromatic nitrogens is 1. The first kappa shape index (κ1) is 11.4. The van der Waals surface area contributed by atoms with Gasteiger partial charge in [-0.05, 0) is 43.2 Å². The fourth-order valence-electron chi connectivity index (χ4n) is 1.64. The SMILES string of the molecule is Cc1cnc(C(C)NC(C)c2ccsc2)o1. The Morgan fingerprint density at radius 1 is 1.38 bits per heavy atom. The van der Waals surface area contributed by atoms with Crippen LogP contribution in [0.2, 0.25) is 0 Å². The molecule has 0 aliphatic heterocycles. The third-order valence-corrected chi connectivity index (χ3v) is 3.25. The molecule has 2 aromatic heterocycles. The maximum absolute atomic E-state index is 5.49. The van der Waals surface area contributed by atoms with Crippen LogP contribution in [0.4, 0.5) is 0 Å².